The second-order valence-electron chi connectivity index (χ2n) is 6.65. The van der Waals surface area contributed by atoms with E-state index in [1.807, 2.05) is 6.92 Å². The first kappa shape index (κ1) is 16.5. The fourth-order valence-corrected chi connectivity index (χ4v) is 3.04. The van der Waals surface area contributed by atoms with Crippen LogP contribution >= 0.6 is 0 Å². The molecule has 0 spiro atoms. The van der Waals surface area contributed by atoms with Crippen molar-refractivity contribution >= 4 is 5.97 Å². The van der Waals surface area contributed by atoms with Gasteiger partial charge in [-0.1, -0.05) is 27.2 Å². The molecule has 1 aliphatic carbocycles. The van der Waals surface area contributed by atoms with Gasteiger partial charge in [0.1, 0.15) is 0 Å². The zero-order chi connectivity index (χ0) is 14.5. The Morgan fingerprint density at radius 1 is 1.32 bits per heavy atom. The summed E-state index contributed by atoms with van der Waals surface area (Å²) in [4.78, 5) is 11.4. The van der Waals surface area contributed by atoms with Crippen LogP contribution in [0.4, 0.5) is 0 Å². The minimum absolute atomic E-state index is 0.188. The molecule has 1 rings (SSSR count). The number of rotatable bonds is 6. The van der Waals surface area contributed by atoms with Crippen LogP contribution in [0.1, 0.15) is 72.6 Å². The van der Waals surface area contributed by atoms with Crippen LogP contribution in [-0.2, 0) is 9.53 Å². The highest BCUT2D eigenvalue weighted by Crippen LogP contribution is 2.44. The van der Waals surface area contributed by atoms with E-state index in [2.05, 4.69) is 20.8 Å². The highest BCUT2D eigenvalue weighted by molar-refractivity contribution is 5.69. The van der Waals surface area contributed by atoms with Crippen molar-refractivity contribution < 1.29 is 14.6 Å². The van der Waals surface area contributed by atoms with Gasteiger partial charge in [0.15, 0.2) is 0 Å². The average Bonchev–Trinajstić information content (AvgIpc) is 2.37. The number of aliphatic hydroxyl groups is 1. The van der Waals surface area contributed by atoms with Gasteiger partial charge in [-0.25, -0.2) is 0 Å². The first-order valence-corrected chi connectivity index (χ1v) is 7.71. The summed E-state index contributed by atoms with van der Waals surface area (Å²) in [7, 11) is 0. The van der Waals surface area contributed by atoms with Crippen molar-refractivity contribution in [2.45, 2.75) is 78.2 Å². The van der Waals surface area contributed by atoms with Crippen molar-refractivity contribution in [2.24, 2.45) is 11.3 Å². The maximum atomic E-state index is 11.4. The topological polar surface area (TPSA) is 46.5 Å². The number of carbonyl (C=O) groups is 1. The van der Waals surface area contributed by atoms with E-state index >= 15 is 0 Å². The van der Waals surface area contributed by atoms with E-state index in [-0.39, 0.29) is 5.97 Å². The minimum Gasteiger partial charge on any atom is -0.466 e. The second kappa shape index (κ2) is 6.74. The van der Waals surface area contributed by atoms with Crippen molar-refractivity contribution in [2.75, 3.05) is 6.61 Å². The van der Waals surface area contributed by atoms with Gasteiger partial charge in [-0.3, -0.25) is 4.79 Å². The molecule has 1 N–H and O–H groups in total. The molecule has 0 amide bonds. The Labute approximate surface area is 117 Å². The smallest absolute Gasteiger partial charge is 0.305 e. The Bertz CT molecular complexity index is 288. The molecule has 1 fully saturated rings. The highest BCUT2D eigenvalue weighted by Gasteiger charge is 2.38. The summed E-state index contributed by atoms with van der Waals surface area (Å²) in [5.74, 6) is 0.507. The summed E-state index contributed by atoms with van der Waals surface area (Å²) in [5, 5.41) is 10.5. The van der Waals surface area contributed by atoms with Gasteiger partial charge in [-0.05, 0) is 50.4 Å². The van der Waals surface area contributed by atoms with Gasteiger partial charge in [0.2, 0.25) is 0 Å². The van der Waals surface area contributed by atoms with Gasteiger partial charge in [0, 0.05) is 6.42 Å². The number of ether oxygens (including phenoxy) is 1. The lowest BCUT2D eigenvalue weighted by atomic mass is 9.66. The van der Waals surface area contributed by atoms with E-state index in [4.69, 9.17) is 4.74 Å². The molecule has 0 aliphatic heterocycles. The van der Waals surface area contributed by atoms with Crippen molar-refractivity contribution in [1.29, 1.82) is 0 Å². The summed E-state index contributed by atoms with van der Waals surface area (Å²) < 4.78 is 4.92. The number of carbonyl (C=O) groups excluding carboxylic acids is 1. The van der Waals surface area contributed by atoms with E-state index < -0.39 is 5.60 Å². The standard InChI is InChI=1S/C16H30O3/c1-5-15(3,4)13-7-10-16(18,11-8-13)12-9-14(17)19-6-2/h13,18H,5-12H2,1-4H3. The van der Waals surface area contributed by atoms with Crippen molar-refractivity contribution in [3.63, 3.8) is 0 Å². The molecule has 0 aromatic heterocycles. The van der Waals surface area contributed by atoms with Crippen molar-refractivity contribution in [3.05, 3.63) is 0 Å². The Morgan fingerprint density at radius 3 is 2.37 bits per heavy atom. The summed E-state index contributed by atoms with van der Waals surface area (Å²) in [6.45, 7) is 9.11. The molecule has 3 nitrogen and oxygen atoms in total. The molecule has 0 radical (unpaired) electrons. The molecule has 1 aliphatic rings. The van der Waals surface area contributed by atoms with E-state index in [1.54, 1.807) is 0 Å². The SMILES string of the molecule is CCOC(=O)CCC1(O)CCC(C(C)(C)CC)CC1. The van der Waals surface area contributed by atoms with Gasteiger partial charge < -0.3 is 9.84 Å². The molecule has 1 saturated carbocycles. The lowest BCUT2D eigenvalue weighted by Gasteiger charge is -2.42. The maximum Gasteiger partial charge on any atom is 0.305 e. The molecule has 0 bridgehead atoms. The molecular weight excluding hydrogens is 240 g/mol. The molecule has 0 heterocycles. The van der Waals surface area contributed by atoms with Gasteiger partial charge in [-0.2, -0.15) is 0 Å². The summed E-state index contributed by atoms with van der Waals surface area (Å²) in [5.41, 5.74) is -0.282. The molecule has 112 valence electrons. The molecule has 3 heteroatoms. The third-order valence-corrected chi connectivity index (χ3v) is 5.03. The lowest BCUT2D eigenvalue weighted by Crippen LogP contribution is -2.38. The largest absolute Gasteiger partial charge is 0.466 e. The fraction of sp³-hybridized carbons (Fsp3) is 0.938. The predicted octanol–water partition coefficient (Wildman–Crippen LogP) is 3.69. The number of esters is 1. The van der Waals surface area contributed by atoms with Crippen LogP contribution in [0.15, 0.2) is 0 Å². The second-order valence-corrected chi connectivity index (χ2v) is 6.65. The molecule has 0 aromatic carbocycles. The van der Waals surface area contributed by atoms with Crippen LogP contribution in [0.3, 0.4) is 0 Å². The van der Waals surface area contributed by atoms with E-state index in [1.165, 1.54) is 6.42 Å². The summed E-state index contributed by atoms with van der Waals surface area (Å²) in [6, 6.07) is 0. The van der Waals surface area contributed by atoms with E-state index in [0.717, 1.165) is 25.7 Å². The number of hydrogen-bond acceptors (Lipinski definition) is 3. The van der Waals surface area contributed by atoms with E-state index in [0.29, 0.717) is 30.8 Å². The molecule has 0 atom stereocenters. The highest BCUT2D eigenvalue weighted by atomic mass is 16.5. The van der Waals surface area contributed by atoms with Crippen molar-refractivity contribution in [3.8, 4) is 0 Å². The zero-order valence-corrected chi connectivity index (χ0v) is 13.0. The monoisotopic (exact) mass is 270 g/mol. The zero-order valence-electron chi connectivity index (χ0n) is 13.0. The average molecular weight is 270 g/mol. The van der Waals surface area contributed by atoms with E-state index in [9.17, 15) is 9.90 Å². The van der Waals surface area contributed by atoms with Gasteiger partial charge >= 0.3 is 5.97 Å². The Balaban J connectivity index is 2.41. The Hall–Kier alpha value is -0.570. The maximum absolute atomic E-state index is 11.4. The third-order valence-electron chi connectivity index (χ3n) is 5.03. The molecular formula is C16H30O3. The number of hydrogen-bond donors (Lipinski definition) is 1. The van der Waals surface area contributed by atoms with Gasteiger partial charge in [-0.15, -0.1) is 0 Å². The van der Waals surface area contributed by atoms with Crippen LogP contribution in [0, 0.1) is 11.3 Å². The Kier molecular flexibility index (Phi) is 5.84. The van der Waals surface area contributed by atoms with Crippen LogP contribution < -0.4 is 0 Å². The van der Waals surface area contributed by atoms with Crippen molar-refractivity contribution in [1.82, 2.24) is 0 Å². The molecule has 0 unspecified atom stereocenters. The molecule has 19 heavy (non-hydrogen) atoms. The lowest BCUT2D eigenvalue weighted by molar-refractivity contribution is -0.145. The fourth-order valence-electron chi connectivity index (χ4n) is 3.04. The van der Waals surface area contributed by atoms with Gasteiger partial charge in [0.05, 0.1) is 12.2 Å². The minimum atomic E-state index is -0.646. The first-order valence-electron chi connectivity index (χ1n) is 7.71. The Morgan fingerprint density at radius 2 is 1.89 bits per heavy atom. The normalized spacial score (nSPS) is 28.2. The van der Waals surface area contributed by atoms with Gasteiger partial charge in [0.25, 0.3) is 0 Å². The van der Waals surface area contributed by atoms with Crippen LogP contribution in [0.5, 0.6) is 0 Å². The summed E-state index contributed by atoms with van der Waals surface area (Å²) in [6.07, 6.45) is 5.84. The predicted molar refractivity (Wildman–Crippen MR) is 76.8 cm³/mol. The van der Waals surface area contributed by atoms with Crippen LogP contribution in [0.25, 0.3) is 0 Å². The molecule has 0 saturated heterocycles. The quantitative estimate of drug-likeness (QED) is 0.749. The van der Waals surface area contributed by atoms with Crippen LogP contribution in [-0.4, -0.2) is 23.3 Å². The first-order chi connectivity index (χ1) is 8.83. The molecule has 0 aromatic rings. The van der Waals surface area contributed by atoms with Crippen LogP contribution in [0.2, 0.25) is 0 Å². The third kappa shape index (κ3) is 4.79. The summed E-state index contributed by atoms with van der Waals surface area (Å²) >= 11 is 0.